The molecule has 4 heterocycles. The van der Waals surface area contributed by atoms with Gasteiger partial charge in [0.25, 0.3) is 0 Å². The zero-order valence-corrected chi connectivity index (χ0v) is 34.6. The van der Waals surface area contributed by atoms with Crippen molar-refractivity contribution in [1.82, 2.24) is 9.97 Å². The highest BCUT2D eigenvalue weighted by atomic mass is 32.2. The fourth-order valence-corrected chi connectivity index (χ4v) is 9.91. The van der Waals surface area contributed by atoms with E-state index in [-0.39, 0.29) is 10.8 Å². The lowest BCUT2D eigenvalue weighted by atomic mass is 9.86. The Morgan fingerprint density at radius 3 is 1.17 bits per heavy atom. The number of hydrogen-bond donors (Lipinski definition) is 0. The monoisotopic (exact) mass is 744 g/mol. The molecule has 0 spiro atoms. The van der Waals surface area contributed by atoms with E-state index in [9.17, 15) is 0 Å². The van der Waals surface area contributed by atoms with Crippen LogP contribution in [0.3, 0.4) is 0 Å². The topological polar surface area (TPSA) is 32.3 Å². The molecule has 0 atom stereocenters. The second-order valence-corrected chi connectivity index (χ2v) is 18.8. The number of pyridine rings is 2. The van der Waals surface area contributed by atoms with E-state index in [0.29, 0.717) is 0 Å². The van der Waals surface area contributed by atoms with E-state index in [1.807, 2.05) is 35.9 Å². The molecule has 0 bridgehead atoms. The smallest absolute Gasteiger partial charge is 0.138 e. The fraction of sp³-hybridized carbons (Fsp3) is 0.250. The van der Waals surface area contributed by atoms with Gasteiger partial charge >= 0.3 is 0 Å². The molecule has 4 nitrogen and oxygen atoms in total. The first kappa shape index (κ1) is 36.2. The van der Waals surface area contributed by atoms with Gasteiger partial charge in [-0.25, -0.2) is 9.97 Å². The molecule has 0 fully saturated rings. The number of aromatic nitrogens is 2. The fourth-order valence-electron chi connectivity index (χ4n) is 7.29. The Hall–Kier alpha value is -4.78. The van der Waals surface area contributed by atoms with Crippen LogP contribution < -0.4 is 9.80 Å². The first-order valence-electron chi connectivity index (χ1n) is 18.7. The maximum absolute atomic E-state index is 5.13. The van der Waals surface area contributed by atoms with Gasteiger partial charge in [0, 0.05) is 44.4 Å². The molecule has 0 radical (unpaired) electrons. The highest BCUT2D eigenvalue weighted by Gasteiger charge is 2.38. The van der Waals surface area contributed by atoms with Crippen LogP contribution in [0.15, 0.2) is 131 Å². The predicted octanol–water partition coefficient (Wildman–Crippen LogP) is 13.7. The van der Waals surface area contributed by atoms with Crippen molar-refractivity contribution in [2.75, 3.05) is 9.80 Å². The number of anilines is 2. The molecule has 2 aliphatic rings. The van der Waals surface area contributed by atoms with Crippen molar-refractivity contribution in [3.8, 4) is 0 Å². The Bertz CT molecular complexity index is 2370. The van der Waals surface area contributed by atoms with Crippen molar-refractivity contribution in [2.45, 2.75) is 80.1 Å². The minimum absolute atomic E-state index is 0.0775. The van der Waals surface area contributed by atoms with Crippen LogP contribution in [0.2, 0.25) is 0 Å². The molecule has 6 heteroatoms. The lowest BCUT2D eigenvalue weighted by Gasteiger charge is -2.27. The standard InChI is InChI=1S/C48H48N4S2/c1-29-11-13-35-27-49-41(25-37(35)23-29)51-31(3)43(33-15-19-39(20-16-33)47(5,6)7)53-45(51)46-52(42-26-38-24-30(2)12-14-36(38)28-50-42)32(4)44(54-46)34-17-21-40(22-18-34)48(8,9)10/h11-28H,1-10H3/b46-45+. The number of allylic oxidation sites excluding steroid dienone is 2. The van der Waals surface area contributed by atoms with E-state index in [4.69, 9.17) is 9.97 Å². The average molecular weight is 745 g/mol. The van der Waals surface area contributed by atoms with Gasteiger partial charge in [-0.15, -0.1) is 0 Å². The maximum atomic E-state index is 5.13. The largest absolute Gasteiger partial charge is 0.289 e. The maximum Gasteiger partial charge on any atom is 0.138 e. The molecule has 6 aromatic rings. The molecular weight excluding hydrogens is 697 g/mol. The van der Waals surface area contributed by atoms with Crippen LogP contribution in [0.1, 0.15) is 88.8 Å². The van der Waals surface area contributed by atoms with E-state index < -0.39 is 0 Å². The molecule has 0 aliphatic carbocycles. The molecule has 2 aliphatic heterocycles. The van der Waals surface area contributed by atoms with Crippen LogP contribution in [-0.2, 0) is 10.8 Å². The lowest BCUT2D eigenvalue weighted by Crippen LogP contribution is -2.23. The van der Waals surface area contributed by atoms with Gasteiger partial charge in [0.15, 0.2) is 0 Å². The highest BCUT2D eigenvalue weighted by Crippen LogP contribution is 2.57. The number of nitrogens with zero attached hydrogens (tertiary/aromatic N) is 4. The molecule has 0 saturated heterocycles. The Labute approximate surface area is 329 Å². The van der Waals surface area contributed by atoms with Gasteiger partial charge in [-0.05, 0) is 83.7 Å². The second kappa shape index (κ2) is 13.5. The molecular formula is C48H48N4S2. The number of rotatable bonds is 4. The first-order chi connectivity index (χ1) is 25.7. The molecule has 0 N–H and O–H groups in total. The molecule has 0 saturated carbocycles. The SMILES string of the molecule is CC1=C(c2ccc(C(C)(C)C)cc2)S/C(=C2/SC(c3ccc(C(C)(C)C)cc3)=C(C)N2c2cc3cc(C)ccc3cn2)N1c1cc2cc(C)ccc2cn1. The molecule has 4 aromatic carbocycles. The number of thioether (sulfide) groups is 2. The van der Waals surface area contributed by atoms with Gasteiger partial charge in [-0.2, -0.15) is 0 Å². The Morgan fingerprint density at radius 1 is 0.444 bits per heavy atom. The lowest BCUT2D eigenvalue weighted by molar-refractivity contribution is 0.590. The van der Waals surface area contributed by atoms with Crippen LogP contribution in [0.25, 0.3) is 31.4 Å². The number of fused-ring (bicyclic) bond motifs is 2. The average Bonchev–Trinajstić information content (AvgIpc) is 3.66. The Kier molecular flexibility index (Phi) is 9.06. The van der Waals surface area contributed by atoms with Crippen molar-refractivity contribution >= 4 is 66.5 Å². The Balaban J connectivity index is 1.34. The zero-order valence-electron chi connectivity index (χ0n) is 33.0. The van der Waals surface area contributed by atoms with Crippen molar-refractivity contribution in [3.05, 3.63) is 164 Å². The number of aryl methyl sites for hydroxylation is 2. The third-order valence-electron chi connectivity index (χ3n) is 10.5. The van der Waals surface area contributed by atoms with E-state index in [0.717, 1.165) is 43.9 Å². The number of hydrogen-bond acceptors (Lipinski definition) is 6. The summed E-state index contributed by atoms with van der Waals surface area (Å²) in [4.78, 5) is 17.5. The molecule has 8 rings (SSSR count). The molecule has 2 aromatic heterocycles. The normalized spacial score (nSPS) is 16.9. The summed E-state index contributed by atoms with van der Waals surface area (Å²) in [5, 5.41) is 6.88. The minimum Gasteiger partial charge on any atom is -0.289 e. The second-order valence-electron chi connectivity index (χ2n) is 16.8. The van der Waals surface area contributed by atoms with Crippen LogP contribution in [-0.4, -0.2) is 9.97 Å². The third kappa shape index (κ3) is 6.64. The van der Waals surface area contributed by atoms with Crippen LogP contribution in [0, 0.1) is 13.8 Å². The van der Waals surface area contributed by atoms with Crippen molar-refractivity contribution < 1.29 is 0 Å². The third-order valence-corrected chi connectivity index (χ3v) is 13.3. The van der Waals surface area contributed by atoms with E-state index in [2.05, 4.69) is 176 Å². The van der Waals surface area contributed by atoms with Crippen molar-refractivity contribution in [1.29, 1.82) is 0 Å². The predicted molar refractivity (Wildman–Crippen MR) is 236 cm³/mol. The Morgan fingerprint density at radius 2 is 0.815 bits per heavy atom. The molecule has 272 valence electrons. The molecule has 0 unspecified atom stereocenters. The van der Waals surface area contributed by atoms with Crippen molar-refractivity contribution in [3.63, 3.8) is 0 Å². The first-order valence-corrected chi connectivity index (χ1v) is 20.4. The molecule has 54 heavy (non-hydrogen) atoms. The zero-order chi connectivity index (χ0) is 38.1. The van der Waals surface area contributed by atoms with Crippen molar-refractivity contribution in [2.24, 2.45) is 0 Å². The van der Waals surface area contributed by atoms with Gasteiger partial charge in [-0.3, -0.25) is 9.80 Å². The minimum atomic E-state index is 0.0775. The summed E-state index contributed by atoms with van der Waals surface area (Å²) in [6.45, 7) is 22.4. The van der Waals surface area contributed by atoms with Gasteiger partial charge in [-0.1, -0.05) is 161 Å². The number of benzene rings is 4. The summed E-state index contributed by atoms with van der Waals surface area (Å²) >= 11 is 3.66. The van der Waals surface area contributed by atoms with Gasteiger partial charge < -0.3 is 0 Å². The molecule has 0 amide bonds. The van der Waals surface area contributed by atoms with E-state index >= 15 is 0 Å². The van der Waals surface area contributed by atoms with Crippen LogP contribution >= 0.6 is 23.5 Å². The van der Waals surface area contributed by atoms with Gasteiger partial charge in [0.1, 0.15) is 21.7 Å². The summed E-state index contributed by atoms with van der Waals surface area (Å²) < 4.78 is 0. The summed E-state index contributed by atoms with van der Waals surface area (Å²) in [5.41, 5.74) is 10.0. The van der Waals surface area contributed by atoms with Crippen LogP contribution in [0.4, 0.5) is 11.6 Å². The quantitative estimate of drug-likeness (QED) is 0.179. The summed E-state index contributed by atoms with van der Waals surface area (Å²) in [5.74, 6) is 1.82. The highest BCUT2D eigenvalue weighted by molar-refractivity contribution is 8.15. The van der Waals surface area contributed by atoms with E-state index in [1.165, 1.54) is 54.0 Å². The van der Waals surface area contributed by atoms with Crippen LogP contribution in [0.5, 0.6) is 0 Å². The van der Waals surface area contributed by atoms with Gasteiger partial charge in [0.05, 0.1) is 0 Å². The van der Waals surface area contributed by atoms with Gasteiger partial charge in [0.2, 0.25) is 0 Å². The van der Waals surface area contributed by atoms with E-state index in [1.54, 1.807) is 0 Å². The summed E-state index contributed by atoms with van der Waals surface area (Å²) in [7, 11) is 0. The summed E-state index contributed by atoms with van der Waals surface area (Å²) in [6.07, 6.45) is 4.03. The summed E-state index contributed by atoms with van der Waals surface area (Å²) in [6, 6.07) is 35.9.